The minimum Gasteiger partial charge on any atom is -0.232 e. The smallest absolute Gasteiger partial charge is 0.205 e. The molecule has 0 N–H and O–H groups in total. The Morgan fingerprint density at radius 1 is 1.22 bits per heavy atom. The van der Waals surface area contributed by atoms with E-state index in [9.17, 15) is 17.6 Å². The summed E-state index contributed by atoms with van der Waals surface area (Å²) in [5, 5.41) is 0. The van der Waals surface area contributed by atoms with Gasteiger partial charge in [-0.15, -0.1) is 0 Å². The molecule has 9 heavy (non-hydrogen) atoms. The molecule has 0 spiro atoms. The van der Waals surface area contributed by atoms with Gasteiger partial charge in [-0.25, -0.2) is 17.6 Å². The Labute approximate surface area is 48.5 Å². The van der Waals surface area contributed by atoms with Crippen LogP contribution in [0.1, 0.15) is 0 Å². The number of hydrogen-bond acceptors (Lipinski definition) is 0. The Balaban J connectivity index is 2.92. The Hall–Kier alpha value is -0.800. The maximum Gasteiger partial charge on any atom is 0.205 e. The highest BCUT2D eigenvalue weighted by atomic mass is 19.2. The Kier molecular flexibility index (Phi) is 1.31. The lowest BCUT2D eigenvalue weighted by Gasteiger charge is -1.92. The highest BCUT2D eigenvalue weighted by molar-refractivity contribution is 5.33. The highest BCUT2D eigenvalue weighted by Crippen LogP contribution is 2.30. The fraction of sp³-hybridized carbons (Fsp3) is 0.200. The van der Waals surface area contributed by atoms with Crippen LogP contribution >= 0.6 is 0 Å². The molecule has 50 valence electrons. The van der Waals surface area contributed by atoms with Gasteiger partial charge < -0.3 is 0 Å². The van der Waals surface area contributed by atoms with Gasteiger partial charge in [0, 0.05) is 6.08 Å². The van der Waals surface area contributed by atoms with Crippen molar-refractivity contribution in [2.45, 2.75) is 6.17 Å². The first kappa shape index (κ1) is 6.32. The summed E-state index contributed by atoms with van der Waals surface area (Å²) in [5.74, 6) is -4.54. The van der Waals surface area contributed by atoms with Gasteiger partial charge >= 0.3 is 0 Å². The van der Waals surface area contributed by atoms with E-state index in [4.69, 9.17) is 0 Å². The maximum absolute atomic E-state index is 11.8. The van der Waals surface area contributed by atoms with Gasteiger partial charge in [-0.1, -0.05) is 0 Å². The Bertz CT molecular complexity index is 191. The number of alkyl halides is 1. The van der Waals surface area contributed by atoms with Gasteiger partial charge in [0.05, 0.1) is 0 Å². The fourth-order valence-corrected chi connectivity index (χ4v) is 0.505. The van der Waals surface area contributed by atoms with Crippen LogP contribution in [0.25, 0.3) is 0 Å². The predicted molar refractivity (Wildman–Crippen MR) is 23.3 cm³/mol. The number of halogens is 4. The zero-order valence-corrected chi connectivity index (χ0v) is 4.17. The van der Waals surface area contributed by atoms with Gasteiger partial charge in [-0.05, 0) is 0 Å². The zero-order valence-electron chi connectivity index (χ0n) is 4.17. The van der Waals surface area contributed by atoms with E-state index in [1.165, 1.54) is 0 Å². The lowest BCUT2D eigenvalue weighted by molar-refractivity contribution is 0.323. The number of hydrogen-bond donors (Lipinski definition) is 0. The third-order valence-corrected chi connectivity index (χ3v) is 0.957. The third-order valence-electron chi connectivity index (χ3n) is 0.957. The molecule has 0 nitrogen and oxygen atoms in total. The molecular weight excluding hydrogens is 136 g/mol. The van der Waals surface area contributed by atoms with E-state index in [1.54, 1.807) is 0 Å². The van der Waals surface area contributed by atoms with Crippen LogP contribution in [-0.4, -0.2) is 6.17 Å². The van der Waals surface area contributed by atoms with Crippen molar-refractivity contribution in [2.75, 3.05) is 0 Å². The first-order chi connectivity index (χ1) is 4.13. The molecule has 0 saturated carbocycles. The second-order valence-corrected chi connectivity index (χ2v) is 1.59. The molecule has 0 aliphatic heterocycles. The largest absolute Gasteiger partial charge is 0.232 e. The van der Waals surface area contributed by atoms with Gasteiger partial charge in [0.25, 0.3) is 0 Å². The Morgan fingerprint density at radius 2 is 1.78 bits per heavy atom. The van der Waals surface area contributed by atoms with E-state index in [0.717, 1.165) is 0 Å². The van der Waals surface area contributed by atoms with Crippen molar-refractivity contribution in [3.05, 3.63) is 23.6 Å². The summed E-state index contributed by atoms with van der Waals surface area (Å²) in [6.45, 7) is 0. The van der Waals surface area contributed by atoms with Crippen molar-refractivity contribution in [1.82, 2.24) is 0 Å². The molecule has 0 aromatic heterocycles. The molecular formula is C5H2F4. The summed E-state index contributed by atoms with van der Waals surface area (Å²) in [4.78, 5) is 0. The van der Waals surface area contributed by atoms with Crippen molar-refractivity contribution < 1.29 is 17.6 Å². The topological polar surface area (TPSA) is 0 Å². The van der Waals surface area contributed by atoms with E-state index in [-0.39, 0.29) is 6.08 Å². The molecule has 4 heteroatoms. The van der Waals surface area contributed by atoms with E-state index in [0.29, 0.717) is 0 Å². The van der Waals surface area contributed by atoms with Gasteiger partial charge in [-0.2, -0.15) is 0 Å². The molecule has 0 saturated heterocycles. The van der Waals surface area contributed by atoms with E-state index < -0.39 is 23.7 Å². The van der Waals surface area contributed by atoms with Gasteiger partial charge in [0.1, 0.15) is 5.83 Å². The van der Waals surface area contributed by atoms with Gasteiger partial charge in [-0.3, -0.25) is 0 Å². The minimum absolute atomic E-state index is 0.194. The second-order valence-electron chi connectivity index (χ2n) is 1.59. The van der Waals surface area contributed by atoms with Crippen LogP contribution < -0.4 is 0 Å². The molecule has 0 heterocycles. The lowest BCUT2D eigenvalue weighted by atomic mass is 10.4. The van der Waals surface area contributed by atoms with Crippen molar-refractivity contribution >= 4 is 0 Å². The quantitative estimate of drug-likeness (QED) is 0.450. The summed E-state index contributed by atoms with van der Waals surface area (Å²) in [6, 6.07) is 0. The first-order valence-electron chi connectivity index (χ1n) is 2.19. The van der Waals surface area contributed by atoms with Crippen LogP contribution in [0, 0.1) is 0 Å². The molecule has 0 aromatic rings. The molecule has 1 aliphatic rings. The summed E-state index contributed by atoms with van der Waals surface area (Å²) in [5.41, 5.74) is 0. The van der Waals surface area contributed by atoms with E-state index >= 15 is 0 Å². The fourth-order valence-electron chi connectivity index (χ4n) is 0.505. The van der Waals surface area contributed by atoms with E-state index in [2.05, 4.69) is 0 Å². The average molecular weight is 138 g/mol. The first-order valence-corrected chi connectivity index (χ1v) is 2.19. The molecule has 1 aliphatic carbocycles. The molecule has 1 atom stereocenters. The third kappa shape index (κ3) is 0.843. The summed E-state index contributed by atoms with van der Waals surface area (Å²) < 4.78 is 47.2. The monoisotopic (exact) mass is 138 g/mol. The molecule has 0 amide bonds. The van der Waals surface area contributed by atoms with Crippen molar-refractivity contribution in [2.24, 2.45) is 0 Å². The molecule has 0 aromatic carbocycles. The number of rotatable bonds is 0. The van der Waals surface area contributed by atoms with Crippen LogP contribution in [-0.2, 0) is 0 Å². The minimum atomic E-state index is -2.51. The van der Waals surface area contributed by atoms with Gasteiger partial charge in [0.2, 0.25) is 6.17 Å². The predicted octanol–water partition coefficient (Wildman–Crippen LogP) is 2.34. The molecule has 0 radical (unpaired) electrons. The van der Waals surface area contributed by atoms with Crippen LogP contribution in [0.3, 0.4) is 0 Å². The van der Waals surface area contributed by atoms with Crippen molar-refractivity contribution in [3.8, 4) is 0 Å². The average Bonchev–Trinajstić information content (AvgIpc) is 1.98. The van der Waals surface area contributed by atoms with Crippen LogP contribution in [0.15, 0.2) is 23.6 Å². The van der Waals surface area contributed by atoms with E-state index in [1.807, 2.05) is 0 Å². The summed E-state index contributed by atoms with van der Waals surface area (Å²) in [6.07, 6.45) is -2.31. The highest BCUT2D eigenvalue weighted by Gasteiger charge is 2.28. The summed E-state index contributed by atoms with van der Waals surface area (Å²) in [7, 11) is 0. The zero-order chi connectivity index (χ0) is 7.02. The lowest BCUT2D eigenvalue weighted by Crippen LogP contribution is -1.95. The summed E-state index contributed by atoms with van der Waals surface area (Å²) >= 11 is 0. The van der Waals surface area contributed by atoms with Crippen LogP contribution in [0.4, 0.5) is 17.6 Å². The van der Waals surface area contributed by atoms with Crippen molar-refractivity contribution in [1.29, 1.82) is 0 Å². The van der Waals surface area contributed by atoms with Crippen molar-refractivity contribution in [3.63, 3.8) is 0 Å². The normalized spacial score (nSPS) is 27.1. The molecule has 0 fully saturated rings. The SMILES string of the molecule is FC1=CC(F)=C(F)C1F. The second kappa shape index (κ2) is 1.86. The van der Waals surface area contributed by atoms with Gasteiger partial charge in [0.15, 0.2) is 11.7 Å². The Morgan fingerprint density at radius 3 is 1.89 bits per heavy atom. The number of allylic oxidation sites excluding steroid dienone is 4. The molecule has 1 rings (SSSR count). The standard InChI is InChI=1S/C5H2F4/c6-2-1-3(7)5(9)4(2)8/h1,4H. The maximum atomic E-state index is 11.8. The molecule has 1 unspecified atom stereocenters. The van der Waals surface area contributed by atoms with Crippen LogP contribution in [0.2, 0.25) is 0 Å². The molecule has 0 bridgehead atoms. The van der Waals surface area contributed by atoms with Crippen LogP contribution in [0.5, 0.6) is 0 Å².